The van der Waals surface area contributed by atoms with E-state index in [-0.39, 0.29) is 18.5 Å². The Bertz CT molecular complexity index is 402. The summed E-state index contributed by atoms with van der Waals surface area (Å²) in [6.45, 7) is 3.49. The molecular formula is C22H45N3O3. The molecule has 0 aliphatic rings. The highest BCUT2D eigenvalue weighted by atomic mass is 16.4. The first-order valence-electron chi connectivity index (χ1n) is 11.2. The second-order valence-corrected chi connectivity index (χ2v) is 8.32. The summed E-state index contributed by atoms with van der Waals surface area (Å²) < 4.78 is 0. The number of carbonyl (C=O) groups excluding carboxylic acids is 1. The smallest absolute Gasteiger partial charge is 0.317 e. The lowest BCUT2D eigenvalue weighted by molar-refractivity contribution is -0.137. The average Bonchev–Trinajstić information content (AvgIpc) is 2.61. The summed E-state index contributed by atoms with van der Waals surface area (Å²) in [5.41, 5.74) is 0. The highest BCUT2D eigenvalue weighted by molar-refractivity contribution is 5.75. The van der Waals surface area contributed by atoms with E-state index < -0.39 is 5.97 Å². The van der Waals surface area contributed by atoms with Gasteiger partial charge in [-0.15, -0.1) is 0 Å². The largest absolute Gasteiger partial charge is 0.481 e. The molecule has 1 atom stereocenters. The third-order valence-corrected chi connectivity index (χ3v) is 5.03. The number of aliphatic carboxylic acids is 1. The van der Waals surface area contributed by atoms with E-state index in [9.17, 15) is 9.59 Å². The molecule has 0 radical (unpaired) electrons. The summed E-state index contributed by atoms with van der Waals surface area (Å²) in [7, 11) is 5.52. The van der Waals surface area contributed by atoms with Crippen molar-refractivity contribution >= 4 is 12.0 Å². The lowest BCUT2D eigenvalue weighted by Crippen LogP contribution is -2.48. The average molecular weight is 400 g/mol. The monoisotopic (exact) mass is 399 g/mol. The zero-order valence-corrected chi connectivity index (χ0v) is 18.8. The summed E-state index contributed by atoms with van der Waals surface area (Å²) in [5, 5.41) is 11.8. The molecule has 2 amide bonds. The van der Waals surface area contributed by atoms with Gasteiger partial charge in [-0.25, -0.2) is 4.79 Å². The van der Waals surface area contributed by atoms with E-state index in [1.54, 1.807) is 11.9 Å². The molecule has 0 heterocycles. The Labute approximate surface area is 173 Å². The number of rotatable bonds is 18. The van der Waals surface area contributed by atoms with Crippen LogP contribution in [0.3, 0.4) is 0 Å². The maximum Gasteiger partial charge on any atom is 0.317 e. The molecule has 0 spiro atoms. The van der Waals surface area contributed by atoms with Crippen molar-refractivity contribution in [3.63, 3.8) is 0 Å². The first kappa shape index (κ1) is 26.7. The molecule has 0 saturated carbocycles. The van der Waals surface area contributed by atoms with Crippen LogP contribution in [0.25, 0.3) is 0 Å². The van der Waals surface area contributed by atoms with Gasteiger partial charge in [0.1, 0.15) is 0 Å². The molecule has 0 aliphatic carbocycles. The molecule has 0 aromatic rings. The molecule has 0 aromatic carbocycles. The van der Waals surface area contributed by atoms with E-state index in [0.29, 0.717) is 13.1 Å². The van der Waals surface area contributed by atoms with E-state index in [1.807, 2.05) is 19.0 Å². The predicted octanol–water partition coefficient (Wildman–Crippen LogP) is 4.73. The molecular weight excluding hydrogens is 354 g/mol. The van der Waals surface area contributed by atoms with Gasteiger partial charge in [0, 0.05) is 20.1 Å². The minimum absolute atomic E-state index is 0.0592. The fourth-order valence-corrected chi connectivity index (χ4v) is 3.39. The van der Waals surface area contributed by atoms with Crippen molar-refractivity contribution in [2.45, 2.75) is 96.4 Å². The molecule has 28 heavy (non-hydrogen) atoms. The molecule has 0 bridgehead atoms. The molecule has 2 N–H and O–H groups in total. The Hall–Kier alpha value is -1.30. The van der Waals surface area contributed by atoms with Gasteiger partial charge in [0.25, 0.3) is 0 Å². The number of urea groups is 1. The van der Waals surface area contributed by atoms with Crippen molar-refractivity contribution in [1.29, 1.82) is 0 Å². The highest BCUT2D eigenvalue weighted by Gasteiger charge is 2.18. The third-order valence-electron chi connectivity index (χ3n) is 5.03. The van der Waals surface area contributed by atoms with Gasteiger partial charge in [-0.3, -0.25) is 4.79 Å². The van der Waals surface area contributed by atoms with Crippen molar-refractivity contribution in [1.82, 2.24) is 15.1 Å². The zero-order valence-electron chi connectivity index (χ0n) is 18.8. The van der Waals surface area contributed by atoms with E-state index in [2.05, 4.69) is 12.2 Å². The number of amides is 2. The Morgan fingerprint density at radius 1 is 0.821 bits per heavy atom. The first-order valence-corrected chi connectivity index (χ1v) is 11.2. The number of likely N-dealkylation sites (N-methyl/N-ethyl adjacent to an activating group) is 1. The summed E-state index contributed by atoms with van der Waals surface area (Å²) >= 11 is 0. The van der Waals surface area contributed by atoms with Gasteiger partial charge < -0.3 is 20.2 Å². The standard InChI is InChI=1S/C22H45N3O3/c1-5-6-7-8-9-10-11-12-13-14-15-16-17-25(4)22(28)23-20(18-21(26)27)19-24(2)3/h20H,5-19H2,1-4H3,(H,23,28)(H,26,27). The number of hydrogen-bond acceptors (Lipinski definition) is 3. The minimum Gasteiger partial charge on any atom is -0.481 e. The summed E-state index contributed by atoms with van der Waals surface area (Å²) in [6.07, 6.45) is 15.5. The summed E-state index contributed by atoms with van der Waals surface area (Å²) in [6, 6.07) is -0.555. The third kappa shape index (κ3) is 16.8. The van der Waals surface area contributed by atoms with Crippen LogP contribution in [0.1, 0.15) is 90.4 Å². The number of nitrogens with zero attached hydrogens (tertiary/aromatic N) is 2. The van der Waals surface area contributed by atoms with Crippen molar-refractivity contribution < 1.29 is 14.7 Å². The number of carboxylic acid groups (broad SMARTS) is 1. The molecule has 6 nitrogen and oxygen atoms in total. The predicted molar refractivity (Wildman–Crippen MR) is 117 cm³/mol. The van der Waals surface area contributed by atoms with Crippen LogP contribution in [0.2, 0.25) is 0 Å². The van der Waals surface area contributed by atoms with Crippen LogP contribution in [-0.4, -0.2) is 67.2 Å². The van der Waals surface area contributed by atoms with Crippen molar-refractivity contribution in [2.75, 3.05) is 34.2 Å². The number of carboxylic acids is 1. The first-order chi connectivity index (χ1) is 13.4. The topological polar surface area (TPSA) is 72.9 Å². The van der Waals surface area contributed by atoms with Crippen LogP contribution in [0.5, 0.6) is 0 Å². The Morgan fingerprint density at radius 2 is 1.29 bits per heavy atom. The lowest BCUT2D eigenvalue weighted by atomic mass is 10.1. The second kappa shape index (κ2) is 17.8. The van der Waals surface area contributed by atoms with Crippen LogP contribution in [0.4, 0.5) is 4.79 Å². The summed E-state index contributed by atoms with van der Waals surface area (Å²) in [4.78, 5) is 26.8. The van der Waals surface area contributed by atoms with Gasteiger partial charge in [0.15, 0.2) is 0 Å². The van der Waals surface area contributed by atoms with E-state index in [1.165, 1.54) is 64.2 Å². The minimum atomic E-state index is -0.893. The van der Waals surface area contributed by atoms with Gasteiger partial charge in [0.05, 0.1) is 12.5 Å². The van der Waals surface area contributed by atoms with Gasteiger partial charge in [-0.1, -0.05) is 77.6 Å². The number of hydrogen-bond donors (Lipinski definition) is 2. The van der Waals surface area contributed by atoms with Gasteiger partial charge in [-0.2, -0.15) is 0 Å². The van der Waals surface area contributed by atoms with Crippen LogP contribution >= 0.6 is 0 Å². The Kier molecular flexibility index (Phi) is 16.9. The molecule has 0 saturated heterocycles. The fourth-order valence-electron chi connectivity index (χ4n) is 3.39. The zero-order chi connectivity index (χ0) is 21.2. The molecule has 166 valence electrons. The Balaban J connectivity index is 3.72. The second-order valence-electron chi connectivity index (χ2n) is 8.32. The molecule has 0 fully saturated rings. The van der Waals surface area contributed by atoms with Crippen LogP contribution in [-0.2, 0) is 4.79 Å². The van der Waals surface area contributed by atoms with Crippen molar-refractivity contribution in [3.05, 3.63) is 0 Å². The van der Waals surface area contributed by atoms with E-state index >= 15 is 0 Å². The highest BCUT2D eigenvalue weighted by Crippen LogP contribution is 2.12. The molecule has 0 rings (SSSR count). The molecule has 0 aliphatic heterocycles. The maximum atomic E-state index is 12.3. The summed E-state index contributed by atoms with van der Waals surface area (Å²) in [5.74, 6) is -0.893. The fraction of sp³-hybridized carbons (Fsp3) is 0.909. The number of nitrogens with one attached hydrogen (secondary N) is 1. The SMILES string of the molecule is CCCCCCCCCCCCCCN(C)C(=O)NC(CC(=O)O)CN(C)C. The molecule has 0 aromatic heterocycles. The van der Waals surface area contributed by atoms with Crippen LogP contribution in [0, 0.1) is 0 Å². The van der Waals surface area contributed by atoms with Gasteiger partial charge >= 0.3 is 12.0 Å². The normalized spacial score (nSPS) is 12.2. The molecule has 6 heteroatoms. The maximum absolute atomic E-state index is 12.3. The quantitative estimate of drug-likeness (QED) is 0.327. The number of unbranched alkanes of at least 4 members (excludes halogenated alkanes) is 11. The van der Waals surface area contributed by atoms with E-state index in [0.717, 1.165) is 12.8 Å². The van der Waals surface area contributed by atoms with Gasteiger partial charge in [0.2, 0.25) is 0 Å². The van der Waals surface area contributed by atoms with Crippen molar-refractivity contribution in [2.24, 2.45) is 0 Å². The van der Waals surface area contributed by atoms with Crippen LogP contribution < -0.4 is 5.32 Å². The van der Waals surface area contributed by atoms with Crippen LogP contribution in [0.15, 0.2) is 0 Å². The van der Waals surface area contributed by atoms with E-state index in [4.69, 9.17) is 5.11 Å². The van der Waals surface area contributed by atoms with Crippen molar-refractivity contribution in [3.8, 4) is 0 Å². The van der Waals surface area contributed by atoms with Gasteiger partial charge in [-0.05, 0) is 20.5 Å². The Morgan fingerprint density at radius 3 is 1.71 bits per heavy atom. The molecule has 1 unspecified atom stereocenters. The lowest BCUT2D eigenvalue weighted by Gasteiger charge is -2.24. The number of carbonyl (C=O) groups is 2.